The zero-order chi connectivity index (χ0) is 60.8. The fraction of sp³-hybridized carbons (Fsp3) is 0.829. The van der Waals surface area contributed by atoms with Crippen LogP contribution in [0.3, 0.4) is 0 Å². The van der Waals surface area contributed by atoms with Gasteiger partial charge in [0.2, 0.25) is 5.88 Å². The van der Waals surface area contributed by atoms with Crippen molar-refractivity contribution in [3.05, 3.63) is 50.9 Å². The normalized spacial score (nSPS) is 40.6. The molecule has 2 aromatic heterocycles. The summed E-state index contributed by atoms with van der Waals surface area (Å²) in [4.78, 5) is 7.94. The molecule has 0 aliphatic heterocycles. The second-order valence-electron chi connectivity index (χ2n) is 31.9. The van der Waals surface area contributed by atoms with Gasteiger partial charge in [0.05, 0.1) is 35.0 Å². The quantitative estimate of drug-likeness (QED) is 0.147. The number of aliphatic hydroxyl groups excluding tert-OH is 1. The van der Waals surface area contributed by atoms with Crippen LogP contribution in [-0.2, 0) is 8.85 Å². The molecule has 464 valence electrons. The molecule has 0 spiro atoms. The number of fused-ring (bicyclic) bond motifs is 10. The van der Waals surface area contributed by atoms with E-state index in [0.717, 1.165) is 77.9 Å². The van der Waals surface area contributed by atoms with Crippen LogP contribution in [0.2, 0.25) is 54.5 Å². The summed E-state index contributed by atoms with van der Waals surface area (Å²) in [6, 6.07) is 7.09. The third kappa shape index (κ3) is 13.7. The van der Waals surface area contributed by atoms with Gasteiger partial charge in [-0.3, -0.25) is 0 Å². The molecule has 8 nitrogen and oxygen atoms in total. The Hall–Kier alpha value is -1.74. The van der Waals surface area contributed by atoms with Gasteiger partial charge >= 0.3 is 0 Å². The third-order valence-corrected chi connectivity index (χ3v) is 28.0. The van der Waals surface area contributed by atoms with Crippen LogP contribution in [0.5, 0.6) is 5.88 Å². The van der Waals surface area contributed by atoms with Crippen LogP contribution in [0.25, 0.3) is 0 Å². The first kappa shape index (κ1) is 67.2. The smallest absolute Gasteiger partial charge is 0.232 e. The lowest BCUT2D eigenvalue weighted by Crippen LogP contribution is -2.63. The van der Waals surface area contributed by atoms with Crippen molar-refractivity contribution in [3.8, 4) is 18.0 Å². The van der Waals surface area contributed by atoms with Crippen LogP contribution in [0.4, 0.5) is 0 Å². The van der Waals surface area contributed by atoms with E-state index in [2.05, 4.69) is 125 Å². The molecule has 8 aliphatic rings. The second-order valence-corrected chi connectivity index (χ2v) is 42.0. The SMILES string of the molecule is CC[C@H]1[C@@H](O[Si](C)(C)C)[C@@H]2[C@H](CC[C@]3(C)[C@@H]([C@H](C)CCO)CC[C@@H]23)[C@@]2(C)CC[C@@H](C)C[C@@H]12.CC[C@H]1[C@@H](O[Si](C)(C)C)[C@@H]2[C@H](CC[C@]3(C)[C@@H]([C@H](C)CCOc4ncc(C#N)cc4Cl)CC[C@@H]23)[C@@]2(C)CC[C@@H](C)C[C@@H]12.N#Cc1cnc(Cl)c(Cl)c1. The maximum Gasteiger partial charge on any atom is 0.232 e. The highest BCUT2D eigenvalue weighted by atomic mass is 35.5. The number of aliphatic hydroxyl groups is 1. The maximum atomic E-state index is 9.67. The van der Waals surface area contributed by atoms with Crippen LogP contribution in [0.1, 0.15) is 196 Å². The van der Waals surface area contributed by atoms with Crippen molar-refractivity contribution < 1.29 is 18.7 Å². The van der Waals surface area contributed by atoms with Gasteiger partial charge < -0.3 is 18.7 Å². The van der Waals surface area contributed by atoms with Gasteiger partial charge in [0.25, 0.3) is 0 Å². The van der Waals surface area contributed by atoms with Crippen LogP contribution < -0.4 is 4.74 Å². The molecule has 1 N–H and O–H groups in total. The Labute approximate surface area is 522 Å². The molecule has 10 rings (SSSR count). The summed E-state index contributed by atoms with van der Waals surface area (Å²) in [7, 11) is -3.33. The molecule has 13 heteroatoms. The van der Waals surface area contributed by atoms with E-state index in [-0.39, 0.29) is 5.15 Å². The van der Waals surface area contributed by atoms with Crippen LogP contribution >= 0.6 is 34.8 Å². The van der Waals surface area contributed by atoms with E-state index in [4.69, 9.17) is 58.9 Å². The first-order valence-electron chi connectivity index (χ1n) is 33.4. The Kier molecular flexibility index (Phi) is 21.7. The zero-order valence-corrected chi connectivity index (χ0v) is 58.7. The minimum Gasteiger partial charge on any atom is -0.477 e. The summed E-state index contributed by atoms with van der Waals surface area (Å²) >= 11 is 17.4. The Morgan fingerprint density at radius 2 is 1.00 bits per heavy atom. The molecule has 8 saturated carbocycles. The lowest BCUT2D eigenvalue weighted by Gasteiger charge is -2.66. The minimum atomic E-state index is -1.70. The van der Waals surface area contributed by atoms with Crippen LogP contribution in [-0.4, -0.2) is 57.1 Å². The molecular weight excluding hydrogens is 1120 g/mol. The second kappa shape index (κ2) is 26.8. The summed E-state index contributed by atoms with van der Waals surface area (Å²) in [5.41, 5.74) is 2.68. The number of pyridine rings is 2. The molecular formula is C70H111Cl3N4O4Si2. The minimum absolute atomic E-state index is 0.223. The standard InChI is InChI=1S/C35H55ClN2O2Si.C29H54O2Si.C6H2Cl2N2/c1-9-25-29-18-22(2)12-15-35(29,5)28-13-16-34(4)26(10-11-27(34)31(28)32(25)40-41(6,7)8)23(3)14-17-39-33-30(36)19-24(20-37)21-38-33;1-9-21-25-18-19(2)12-15-29(25,5)24-13-16-28(4)22(20(3)14-17-30)10-11-23(28)26(24)27(21)31-32(6,7)8;7-5-1-4(2-9)3-10-6(5)8/h19,21-23,25-29,31-32H,9-18H2,1-8H3;19-27,30H,9-18H2,1-8H3;1,3H/t22-,23-,25-,26-,27+,28+,29+,31+,32-,34-,35-;19-,20-,21-,22-,23+,24+,25+,26+,27-,28-,29-;/m11./s1. The number of aromatic nitrogens is 2. The van der Waals surface area contributed by atoms with Crippen LogP contribution in [0, 0.1) is 139 Å². The van der Waals surface area contributed by atoms with E-state index in [1.165, 1.54) is 121 Å². The van der Waals surface area contributed by atoms with E-state index in [9.17, 15) is 5.11 Å². The fourth-order valence-corrected chi connectivity index (χ4v) is 24.2. The van der Waals surface area contributed by atoms with Crippen molar-refractivity contribution in [2.75, 3.05) is 13.2 Å². The third-order valence-electron chi connectivity index (χ3n) is 25.1. The van der Waals surface area contributed by atoms with Gasteiger partial charge in [0.15, 0.2) is 16.6 Å². The van der Waals surface area contributed by atoms with Gasteiger partial charge in [0, 0.05) is 19.0 Å². The van der Waals surface area contributed by atoms with Gasteiger partial charge in [-0.15, -0.1) is 0 Å². The number of hydrogen-bond acceptors (Lipinski definition) is 8. The molecule has 0 aromatic carbocycles. The molecule has 0 radical (unpaired) electrons. The number of rotatable bonds is 14. The lowest BCUT2D eigenvalue weighted by molar-refractivity contribution is -0.193. The van der Waals surface area contributed by atoms with Crippen molar-refractivity contribution in [1.29, 1.82) is 10.5 Å². The molecule has 8 fully saturated rings. The van der Waals surface area contributed by atoms with E-state index >= 15 is 0 Å². The van der Waals surface area contributed by atoms with Crippen molar-refractivity contribution in [2.45, 2.75) is 236 Å². The number of halogens is 3. The summed E-state index contributed by atoms with van der Waals surface area (Å²) in [6.07, 6.45) is 27.9. The van der Waals surface area contributed by atoms with Crippen molar-refractivity contribution in [1.82, 2.24) is 9.97 Å². The summed E-state index contributed by atoms with van der Waals surface area (Å²) < 4.78 is 20.7. The number of nitriles is 2. The Morgan fingerprint density at radius 3 is 1.40 bits per heavy atom. The molecule has 2 heterocycles. The maximum absolute atomic E-state index is 9.67. The van der Waals surface area contributed by atoms with Gasteiger partial charge in [-0.05, 0) is 258 Å². The number of nitrogens with zero attached hydrogens (tertiary/aromatic N) is 4. The average molecular weight is 1240 g/mol. The van der Waals surface area contributed by atoms with E-state index in [0.29, 0.717) is 104 Å². The molecule has 22 atom stereocenters. The van der Waals surface area contributed by atoms with E-state index in [1.54, 1.807) is 6.07 Å². The van der Waals surface area contributed by atoms with E-state index in [1.807, 2.05) is 6.07 Å². The summed E-state index contributed by atoms with van der Waals surface area (Å²) in [5, 5.41) is 28.1. The summed E-state index contributed by atoms with van der Waals surface area (Å²) in [5.74, 6) is 12.7. The number of ether oxygens (including phenoxy) is 1. The highest BCUT2D eigenvalue weighted by Crippen LogP contribution is 2.72. The van der Waals surface area contributed by atoms with Gasteiger partial charge in [-0.1, -0.05) is 130 Å². The van der Waals surface area contributed by atoms with E-state index < -0.39 is 16.6 Å². The van der Waals surface area contributed by atoms with Gasteiger partial charge in [-0.2, -0.15) is 10.5 Å². The largest absolute Gasteiger partial charge is 0.477 e. The van der Waals surface area contributed by atoms with Crippen molar-refractivity contribution in [3.63, 3.8) is 0 Å². The van der Waals surface area contributed by atoms with Gasteiger partial charge in [0.1, 0.15) is 22.3 Å². The summed E-state index contributed by atoms with van der Waals surface area (Å²) in [6.45, 7) is 41.1. The first-order valence-corrected chi connectivity index (χ1v) is 41.3. The lowest BCUT2D eigenvalue weighted by atomic mass is 9.41. The molecule has 8 aliphatic carbocycles. The molecule has 83 heavy (non-hydrogen) atoms. The molecule has 0 saturated heterocycles. The highest BCUT2D eigenvalue weighted by molar-refractivity contribution is 6.70. The van der Waals surface area contributed by atoms with Crippen LogP contribution in [0.15, 0.2) is 24.5 Å². The Morgan fingerprint density at radius 1 is 0.590 bits per heavy atom. The van der Waals surface area contributed by atoms with Crippen molar-refractivity contribution >= 4 is 51.4 Å². The molecule has 0 amide bonds. The Balaban J connectivity index is 0.000000189. The molecule has 2 aromatic rings. The molecule has 0 bridgehead atoms. The fourth-order valence-electron chi connectivity index (χ4n) is 21.4. The monoisotopic (exact) mass is 1230 g/mol. The first-order chi connectivity index (χ1) is 39.0. The predicted octanol–water partition coefficient (Wildman–Crippen LogP) is 19.8. The molecule has 0 unspecified atom stereocenters. The predicted molar refractivity (Wildman–Crippen MR) is 347 cm³/mol. The topological polar surface area (TPSA) is 121 Å². The van der Waals surface area contributed by atoms with Gasteiger partial charge in [-0.25, -0.2) is 9.97 Å². The number of hydrogen-bond donors (Lipinski definition) is 1. The average Bonchev–Trinajstić information content (AvgIpc) is 2.37. The van der Waals surface area contributed by atoms with Crippen molar-refractivity contribution in [2.24, 2.45) is 116 Å². The Bertz CT molecular complexity index is 2600. The zero-order valence-electron chi connectivity index (χ0n) is 54.4. The highest BCUT2D eigenvalue weighted by Gasteiger charge is 2.67.